The van der Waals surface area contributed by atoms with E-state index in [1.54, 1.807) is 11.8 Å². The Morgan fingerprint density at radius 2 is 2.43 bits per heavy atom. The van der Waals surface area contributed by atoms with Crippen molar-refractivity contribution in [2.45, 2.75) is 0 Å². The largest absolute Gasteiger partial charge is 0.330 e. The van der Waals surface area contributed by atoms with E-state index in [2.05, 4.69) is 0 Å². The predicted octanol–water partition coefficient (Wildman–Crippen LogP) is 0.202. The SMILES string of the molecule is N#CCSCCN. The van der Waals surface area contributed by atoms with Gasteiger partial charge < -0.3 is 5.73 Å². The molecule has 0 aliphatic carbocycles. The van der Waals surface area contributed by atoms with Crippen molar-refractivity contribution in [3.63, 3.8) is 0 Å². The molecule has 0 radical (unpaired) electrons. The molecule has 0 aromatic carbocycles. The maximum Gasteiger partial charge on any atom is 0.0808 e. The van der Waals surface area contributed by atoms with Crippen molar-refractivity contribution in [1.82, 2.24) is 0 Å². The van der Waals surface area contributed by atoms with Gasteiger partial charge in [-0.1, -0.05) is 0 Å². The molecule has 0 aromatic heterocycles. The first kappa shape index (κ1) is 6.80. The second-order valence-electron chi connectivity index (χ2n) is 0.999. The Morgan fingerprint density at radius 1 is 1.71 bits per heavy atom. The molecule has 0 aliphatic heterocycles. The second-order valence-corrected chi connectivity index (χ2v) is 2.10. The first-order chi connectivity index (χ1) is 3.41. The van der Waals surface area contributed by atoms with Gasteiger partial charge in [-0.2, -0.15) is 5.26 Å². The minimum atomic E-state index is 0.567. The minimum absolute atomic E-state index is 0.567. The smallest absolute Gasteiger partial charge is 0.0808 e. The third-order valence-electron chi connectivity index (χ3n) is 0.429. The molecule has 0 aromatic rings. The number of thioether (sulfide) groups is 1. The summed E-state index contributed by atoms with van der Waals surface area (Å²) in [5.74, 6) is 1.46. The van der Waals surface area contributed by atoms with E-state index in [-0.39, 0.29) is 0 Å². The highest BCUT2D eigenvalue weighted by atomic mass is 32.2. The van der Waals surface area contributed by atoms with E-state index in [0.29, 0.717) is 12.3 Å². The van der Waals surface area contributed by atoms with Crippen molar-refractivity contribution in [3.05, 3.63) is 0 Å². The lowest BCUT2D eigenvalue weighted by molar-refractivity contribution is 1.15. The highest BCUT2D eigenvalue weighted by Crippen LogP contribution is 1.93. The van der Waals surface area contributed by atoms with Gasteiger partial charge in [0, 0.05) is 12.3 Å². The van der Waals surface area contributed by atoms with E-state index in [1.807, 2.05) is 6.07 Å². The molecule has 2 nitrogen and oxygen atoms in total. The van der Waals surface area contributed by atoms with E-state index in [4.69, 9.17) is 11.0 Å². The molecule has 0 rings (SSSR count). The molecular formula is C4H8N2S. The lowest BCUT2D eigenvalue weighted by Crippen LogP contribution is -2.01. The van der Waals surface area contributed by atoms with Gasteiger partial charge in [-0.15, -0.1) is 11.8 Å². The lowest BCUT2D eigenvalue weighted by atomic mass is 10.8. The molecule has 0 fully saturated rings. The second kappa shape index (κ2) is 5.80. The maximum absolute atomic E-state index is 7.98. The molecule has 0 heterocycles. The summed E-state index contributed by atoms with van der Waals surface area (Å²) in [4.78, 5) is 0. The summed E-state index contributed by atoms with van der Waals surface area (Å²) in [6.45, 7) is 0.673. The Hall–Kier alpha value is -0.200. The van der Waals surface area contributed by atoms with Crippen LogP contribution < -0.4 is 5.73 Å². The van der Waals surface area contributed by atoms with E-state index in [1.165, 1.54) is 0 Å². The molecule has 7 heavy (non-hydrogen) atoms. The van der Waals surface area contributed by atoms with Gasteiger partial charge in [0.15, 0.2) is 0 Å². The monoisotopic (exact) mass is 116 g/mol. The Labute approximate surface area is 47.7 Å². The zero-order chi connectivity index (χ0) is 5.54. The molecule has 2 N–H and O–H groups in total. The van der Waals surface area contributed by atoms with Crippen LogP contribution in [0.5, 0.6) is 0 Å². The fourth-order valence-corrected chi connectivity index (χ4v) is 0.603. The molecule has 40 valence electrons. The van der Waals surface area contributed by atoms with Gasteiger partial charge in [-0.05, 0) is 0 Å². The van der Waals surface area contributed by atoms with Crippen LogP contribution in [0.15, 0.2) is 0 Å². The van der Waals surface area contributed by atoms with Gasteiger partial charge >= 0.3 is 0 Å². The fraction of sp³-hybridized carbons (Fsp3) is 0.750. The zero-order valence-electron chi connectivity index (χ0n) is 4.05. The molecule has 0 atom stereocenters. The molecule has 0 unspecified atom stereocenters. The molecule has 0 amide bonds. The molecule has 0 aliphatic rings. The number of hydrogen-bond acceptors (Lipinski definition) is 3. The summed E-state index contributed by atoms with van der Waals surface area (Å²) in [6.07, 6.45) is 0. The summed E-state index contributed by atoms with van der Waals surface area (Å²) < 4.78 is 0. The first-order valence-electron chi connectivity index (χ1n) is 2.06. The van der Waals surface area contributed by atoms with Crippen molar-refractivity contribution in [2.75, 3.05) is 18.1 Å². The Kier molecular flexibility index (Phi) is 5.63. The predicted molar refractivity (Wildman–Crippen MR) is 32.0 cm³/mol. The molecule has 0 bridgehead atoms. The van der Waals surface area contributed by atoms with Crippen LogP contribution in [0.3, 0.4) is 0 Å². The van der Waals surface area contributed by atoms with E-state index < -0.39 is 0 Å². The summed E-state index contributed by atoms with van der Waals surface area (Å²) in [5.41, 5.74) is 5.14. The van der Waals surface area contributed by atoms with Crippen LogP contribution >= 0.6 is 11.8 Å². The first-order valence-corrected chi connectivity index (χ1v) is 3.22. The number of nitrogens with zero attached hydrogens (tertiary/aromatic N) is 1. The molecular weight excluding hydrogens is 108 g/mol. The fourth-order valence-electron chi connectivity index (χ4n) is 0.201. The molecule has 0 saturated carbocycles. The number of nitrogens with two attached hydrogens (primary N) is 1. The summed E-state index contributed by atoms with van der Waals surface area (Å²) in [7, 11) is 0. The Bertz CT molecular complexity index is 66.6. The van der Waals surface area contributed by atoms with Crippen molar-refractivity contribution in [1.29, 1.82) is 5.26 Å². The molecule has 3 heteroatoms. The van der Waals surface area contributed by atoms with Crippen LogP contribution in [0.4, 0.5) is 0 Å². The maximum atomic E-state index is 7.98. The van der Waals surface area contributed by atoms with Crippen LogP contribution in [0.25, 0.3) is 0 Å². The summed E-state index contributed by atoms with van der Waals surface area (Å²) in [6, 6.07) is 2.01. The average Bonchev–Trinajstić information content (AvgIpc) is 1.69. The lowest BCUT2D eigenvalue weighted by Gasteiger charge is -1.85. The van der Waals surface area contributed by atoms with Crippen LogP contribution in [0, 0.1) is 11.3 Å². The Balaban J connectivity index is 2.60. The third-order valence-corrected chi connectivity index (χ3v) is 1.29. The summed E-state index contributed by atoms with van der Waals surface area (Å²) in [5, 5.41) is 7.98. The van der Waals surface area contributed by atoms with Crippen LogP contribution in [-0.2, 0) is 0 Å². The molecule has 0 saturated heterocycles. The Morgan fingerprint density at radius 3 is 2.86 bits per heavy atom. The number of hydrogen-bond donors (Lipinski definition) is 1. The quantitative estimate of drug-likeness (QED) is 0.536. The van der Waals surface area contributed by atoms with Crippen LogP contribution in [-0.4, -0.2) is 18.1 Å². The van der Waals surface area contributed by atoms with Crippen molar-refractivity contribution in [2.24, 2.45) is 5.73 Å². The third kappa shape index (κ3) is 5.80. The number of rotatable bonds is 3. The van der Waals surface area contributed by atoms with E-state index >= 15 is 0 Å². The number of nitriles is 1. The van der Waals surface area contributed by atoms with Crippen LogP contribution in [0.1, 0.15) is 0 Å². The molecule has 0 spiro atoms. The van der Waals surface area contributed by atoms with Crippen LogP contribution in [0.2, 0.25) is 0 Å². The average molecular weight is 116 g/mol. The van der Waals surface area contributed by atoms with Crippen molar-refractivity contribution >= 4 is 11.8 Å². The highest BCUT2D eigenvalue weighted by Gasteiger charge is 1.79. The minimum Gasteiger partial charge on any atom is -0.330 e. The normalized spacial score (nSPS) is 8.00. The van der Waals surface area contributed by atoms with E-state index in [9.17, 15) is 0 Å². The van der Waals surface area contributed by atoms with Gasteiger partial charge in [-0.25, -0.2) is 0 Å². The van der Waals surface area contributed by atoms with Gasteiger partial charge in [0.25, 0.3) is 0 Å². The topological polar surface area (TPSA) is 49.8 Å². The van der Waals surface area contributed by atoms with E-state index in [0.717, 1.165) is 5.75 Å². The zero-order valence-corrected chi connectivity index (χ0v) is 4.87. The van der Waals surface area contributed by atoms with Crippen molar-refractivity contribution in [3.8, 4) is 6.07 Å². The van der Waals surface area contributed by atoms with Gasteiger partial charge in [0.1, 0.15) is 0 Å². The highest BCUT2D eigenvalue weighted by molar-refractivity contribution is 7.99. The van der Waals surface area contributed by atoms with Crippen molar-refractivity contribution < 1.29 is 0 Å². The standard InChI is InChI=1S/C4H8N2S/c5-1-3-7-4-2-6/h1,3-5H2. The van der Waals surface area contributed by atoms with Gasteiger partial charge in [0.2, 0.25) is 0 Å². The van der Waals surface area contributed by atoms with Gasteiger partial charge in [-0.3, -0.25) is 0 Å². The summed E-state index contributed by atoms with van der Waals surface area (Å²) >= 11 is 1.57. The van der Waals surface area contributed by atoms with Gasteiger partial charge in [0.05, 0.1) is 11.8 Å².